The molecular weight excluding hydrogens is 313 g/mol. The quantitative estimate of drug-likeness (QED) is 0.807. The highest BCUT2D eigenvalue weighted by atomic mass is 35.5. The van der Waals surface area contributed by atoms with Crippen molar-refractivity contribution < 1.29 is 14.6 Å². The van der Waals surface area contributed by atoms with Gasteiger partial charge in [-0.3, -0.25) is 4.79 Å². The van der Waals surface area contributed by atoms with Crippen molar-refractivity contribution in [3.8, 4) is 0 Å². The molecule has 1 fully saturated rings. The van der Waals surface area contributed by atoms with Crippen molar-refractivity contribution in [2.24, 2.45) is 5.92 Å². The van der Waals surface area contributed by atoms with Crippen LogP contribution in [-0.2, 0) is 9.53 Å². The number of nitrogens with one attached hydrogen (secondary N) is 1. The Labute approximate surface area is 134 Å². The number of benzene rings is 1. The van der Waals surface area contributed by atoms with Gasteiger partial charge in [0, 0.05) is 22.2 Å². The molecule has 0 aliphatic heterocycles. The Bertz CT molecular complexity index is 506. The van der Waals surface area contributed by atoms with Crippen LogP contribution < -0.4 is 5.32 Å². The van der Waals surface area contributed by atoms with E-state index in [-0.39, 0.29) is 12.5 Å². The molecule has 21 heavy (non-hydrogen) atoms. The largest absolute Gasteiger partial charge is 0.387 e. The summed E-state index contributed by atoms with van der Waals surface area (Å²) < 4.78 is 5.47. The molecular formula is C15H19Cl2NO3. The number of carbonyl (C=O) groups excluding carboxylic acids is 1. The third-order valence-corrected chi connectivity index (χ3v) is 4.00. The van der Waals surface area contributed by atoms with E-state index in [9.17, 15) is 9.90 Å². The topological polar surface area (TPSA) is 58.6 Å². The lowest BCUT2D eigenvalue weighted by Crippen LogP contribution is -2.37. The first-order valence-corrected chi connectivity index (χ1v) is 7.75. The fourth-order valence-corrected chi connectivity index (χ4v) is 2.40. The average Bonchev–Trinajstić information content (AvgIpc) is 3.25. The summed E-state index contributed by atoms with van der Waals surface area (Å²) in [5, 5.41) is 13.6. The van der Waals surface area contributed by atoms with Crippen molar-refractivity contribution in [2.45, 2.75) is 32.0 Å². The molecule has 0 saturated heterocycles. The van der Waals surface area contributed by atoms with Gasteiger partial charge < -0.3 is 15.2 Å². The van der Waals surface area contributed by atoms with Crippen molar-refractivity contribution in [2.75, 3.05) is 13.2 Å². The van der Waals surface area contributed by atoms with Crippen LogP contribution in [0.15, 0.2) is 18.2 Å². The Hall–Kier alpha value is -0.810. The van der Waals surface area contributed by atoms with Gasteiger partial charge in [-0.05, 0) is 37.8 Å². The molecule has 1 aliphatic carbocycles. The maximum atomic E-state index is 11.8. The number of rotatable bonds is 7. The lowest BCUT2D eigenvalue weighted by atomic mass is 10.1. The predicted molar refractivity (Wildman–Crippen MR) is 82.6 cm³/mol. The van der Waals surface area contributed by atoms with Crippen LogP contribution in [0.4, 0.5) is 0 Å². The van der Waals surface area contributed by atoms with E-state index in [4.69, 9.17) is 27.9 Å². The fraction of sp³-hybridized carbons (Fsp3) is 0.533. The Morgan fingerprint density at radius 1 is 1.48 bits per heavy atom. The van der Waals surface area contributed by atoms with E-state index in [2.05, 4.69) is 5.32 Å². The van der Waals surface area contributed by atoms with E-state index in [1.165, 1.54) is 12.8 Å². The zero-order chi connectivity index (χ0) is 15.4. The first kappa shape index (κ1) is 16.6. The SMILES string of the molecule is C[C@H](OCC1CC1)C(=O)NC[C@H](O)c1ccc(Cl)cc1Cl. The summed E-state index contributed by atoms with van der Waals surface area (Å²) in [6, 6.07) is 4.86. The summed E-state index contributed by atoms with van der Waals surface area (Å²) in [6.45, 7) is 2.41. The number of aliphatic hydroxyl groups is 1. The van der Waals surface area contributed by atoms with Gasteiger partial charge in [-0.15, -0.1) is 0 Å². The summed E-state index contributed by atoms with van der Waals surface area (Å²) in [7, 11) is 0. The molecule has 4 nitrogen and oxygen atoms in total. The molecule has 6 heteroatoms. The fourth-order valence-electron chi connectivity index (χ4n) is 1.86. The number of amides is 1. The minimum atomic E-state index is -0.880. The van der Waals surface area contributed by atoms with Crippen LogP contribution in [0.1, 0.15) is 31.4 Å². The highest BCUT2D eigenvalue weighted by Crippen LogP contribution is 2.29. The molecule has 0 aromatic heterocycles. The van der Waals surface area contributed by atoms with Crippen molar-refractivity contribution in [1.82, 2.24) is 5.32 Å². The normalized spacial score (nSPS) is 17.3. The van der Waals surface area contributed by atoms with Gasteiger partial charge in [0.05, 0.1) is 12.7 Å². The summed E-state index contributed by atoms with van der Waals surface area (Å²) >= 11 is 11.8. The van der Waals surface area contributed by atoms with Gasteiger partial charge in [0.25, 0.3) is 0 Å². The molecule has 0 bridgehead atoms. The molecule has 116 valence electrons. The Kier molecular flexibility index (Phi) is 5.88. The van der Waals surface area contributed by atoms with Crippen molar-refractivity contribution >= 4 is 29.1 Å². The van der Waals surface area contributed by atoms with Gasteiger partial charge in [-0.1, -0.05) is 29.3 Å². The molecule has 0 radical (unpaired) electrons. The number of halogens is 2. The Morgan fingerprint density at radius 3 is 2.81 bits per heavy atom. The minimum Gasteiger partial charge on any atom is -0.387 e. The molecule has 1 amide bonds. The van der Waals surface area contributed by atoms with E-state index in [0.29, 0.717) is 28.1 Å². The highest BCUT2D eigenvalue weighted by molar-refractivity contribution is 6.35. The molecule has 1 saturated carbocycles. The van der Waals surface area contributed by atoms with E-state index >= 15 is 0 Å². The molecule has 1 aromatic rings. The predicted octanol–water partition coefficient (Wildman–Crippen LogP) is 2.96. The first-order chi connectivity index (χ1) is 9.97. The minimum absolute atomic E-state index is 0.0807. The first-order valence-electron chi connectivity index (χ1n) is 6.99. The van der Waals surface area contributed by atoms with Crippen LogP contribution >= 0.6 is 23.2 Å². The van der Waals surface area contributed by atoms with Crippen LogP contribution in [0.5, 0.6) is 0 Å². The second-order valence-electron chi connectivity index (χ2n) is 5.35. The molecule has 0 spiro atoms. The zero-order valence-electron chi connectivity index (χ0n) is 11.8. The summed E-state index contributed by atoms with van der Waals surface area (Å²) in [6.07, 6.45) is 0.970. The lowest BCUT2D eigenvalue weighted by molar-refractivity contribution is -0.132. The standard InChI is InChI=1S/C15H19Cl2NO3/c1-9(21-8-10-2-3-10)15(20)18-7-14(19)12-5-4-11(16)6-13(12)17/h4-6,9-10,14,19H,2-3,7-8H2,1H3,(H,18,20)/t9-,14-/m0/s1. The monoisotopic (exact) mass is 331 g/mol. The van der Waals surface area contributed by atoms with Gasteiger partial charge in [0.2, 0.25) is 5.91 Å². The third kappa shape index (κ3) is 5.15. The lowest BCUT2D eigenvalue weighted by Gasteiger charge is -2.17. The van der Waals surface area contributed by atoms with Crippen LogP contribution in [-0.4, -0.2) is 30.3 Å². The molecule has 2 N–H and O–H groups in total. The Morgan fingerprint density at radius 2 is 2.19 bits per heavy atom. The maximum absolute atomic E-state index is 11.8. The summed E-state index contributed by atoms with van der Waals surface area (Å²) in [5.41, 5.74) is 0.535. The van der Waals surface area contributed by atoms with Crippen molar-refractivity contribution in [3.63, 3.8) is 0 Å². The average molecular weight is 332 g/mol. The van der Waals surface area contributed by atoms with Gasteiger partial charge >= 0.3 is 0 Å². The second-order valence-corrected chi connectivity index (χ2v) is 6.19. The summed E-state index contributed by atoms with van der Waals surface area (Å²) in [4.78, 5) is 11.8. The third-order valence-electron chi connectivity index (χ3n) is 3.44. The van der Waals surface area contributed by atoms with Crippen LogP contribution in [0, 0.1) is 5.92 Å². The van der Waals surface area contributed by atoms with Crippen LogP contribution in [0.2, 0.25) is 10.0 Å². The number of carbonyl (C=O) groups is 1. The van der Waals surface area contributed by atoms with E-state index < -0.39 is 12.2 Å². The van der Waals surface area contributed by atoms with Crippen molar-refractivity contribution in [1.29, 1.82) is 0 Å². The molecule has 1 aliphatic rings. The number of ether oxygens (including phenoxy) is 1. The molecule has 1 aromatic carbocycles. The highest BCUT2D eigenvalue weighted by Gasteiger charge is 2.24. The second kappa shape index (κ2) is 7.45. The van der Waals surface area contributed by atoms with Gasteiger partial charge in [-0.2, -0.15) is 0 Å². The van der Waals surface area contributed by atoms with Crippen LogP contribution in [0.3, 0.4) is 0 Å². The van der Waals surface area contributed by atoms with Crippen LogP contribution in [0.25, 0.3) is 0 Å². The van der Waals surface area contributed by atoms with Gasteiger partial charge in [0.1, 0.15) is 6.10 Å². The van der Waals surface area contributed by atoms with E-state index in [1.807, 2.05) is 0 Å². The Balaban J connectivity index is 1.79. The van der Waals surface area contributed by atoms with Gasteiger partial charge in [0.15, 0.2) is 0 Å². The van der Waals surface area contributed by atoms with Gasteiger partial charge in [-0.25, -0.2) is 0 Å². The molecule has 2 atom stereocenters. The number of hydrogen-bond acceptors (Lipinski definition) is 3. The molecule has 0 unspecified atom stereocenters. The molecule has 2 rings (SSSR count). The van der Waals surface area contributed by atoms with E-state index in [0.717, 1.165) is 0 Å². The zero-order valence-corrected chi connectivity index (χ0v) is 13.3. The van der Waals surface area contributed by atoms with Crippen molar-refractivity contribution in [3.05, 3.63) is 33.8 Å². The summed E-state index contributed by atoms with van der Waals surface area (Å²) in [5.74, 6) is 0.374. The number of aliphatic hydroxyl groups excluding tert-OH is 1. The van der Waals surface area contributed by atoms with E-state index in [1.54, 1.807) is 25.1 Å². The smallest absolute Gasteiger partial charge is 0.248 e. The maximum Gasteiger partial charge on any atom is 0.248 e. The number of hydrogen-bond donors (Lipinski definition) is 2. The molecule has 0 heterocycles.